The lowest BCUT2D eigenvalue weighted by Gasteiger charge is -2.08. The molecular weight excluding hydrogens is 228 g/mol. The Bertz CT molecular complexity index is 482. The highest BCUT2D eigenvalue weighted by atomic mass is 16.5. The van der Waals surface area contributed by atoms with Crippen LogP contribution in [0.25, 0.3) is 5.82 Å². The first-order valence-corrected chi connectivity index (χ1v) is 5.96. The molecule has 2 heterocycles. The maximum Gasteiger partial charge on any atom is 0.156 e. The van der Waals surface area contributed by atoms with Crippen LogP contribution in [0, 0.1) is 6.92 Å². The molecule has 2 aromatic rings. The van der Waals surface area contributed by atoms with Crippen LogP contribution in [0.4, 0.5) is 0 Å². The summed E-state index contributed by atoms with van der Waals surface area (Å²) >= 11 is 0. The number of ether oxygens (including phenoxy) is 1. The van der Waals surface area contributed by atoms with E-state index in [1.807, 2.05) is 25.4 Å². The predicted octanol–water partition coefficient (Wildman–Crippen LogP) is 1.31. The fourth-order valence-corrected chi connectivity index (χ4v) is 1.76. The van der Waals surface area contributed by atoms with Gasteiger partial charge in [0.1, 0.15) is 0 Å². The molecule has 0 aliphatic heterocycles. The van der Waals surface area contributed by atoms with Gasteiger partial charge in [0, 0.05) is 38.8 Å². The molecule has 5 heteroatoms. The Morgan fingerprint density at radius 2 is 2.33 bits per heavy atom. The number of rotatable bonds is 6. The van der Waals surface area contributed by atoms with Gasteiger partial charge in [0.05, 0.1) is 6.61 Å². The molecule has 2 aromatic heterocycles. The minimum atomic E-state index is 0.720. The Morgan fingerprint density at radius 1 is 1.44 bits per heavy atom. The maximum atomic E-state index is 4.98. The number of aryl methyl sites for hydroxylation is 1. The minimum absolute atomic E-state index is 0.720. The van der Waals surface area contributed by atoms with Crippen molar-refractivity contribution in [2.24, 2.45) is 0 Å². The highest BCUT2D eigenvalue weighted by Crippen LogP contribution is 2.11. The first kappa shape index (κ1) is 12.7. The summed E-state index contributed by atoms with van der Waals surface area (Å²) in [4.78, 5) is 4.45. The van der Waals surface area contributed by atoms with Crippen LogP contribution in [0.5, 0.6) is 0 Å². The molecule has 0 spiro atoms. The Morgan fingerprint density at radius 3 is 3.00 bits per heavy atom. The summed E-state index contributed by atoms with van der Waals surface area (Å²) in [5, 5.41) is 7.48. The molecule has 1 N–H and O–H groups in total. The van der Waals surface area contributed by atoms with Crippen molar-refractivity contribution in [1.82, 2.24) is 20.1 Å². The number of aromatic nitrogens is 3. The van der Waals surface area contributed by atoms with Crippen molar-refractivity contribution in [3.63, 3.8) is 0 Å². The molecule has 0 aliphatic rings. The minimum Gasteiger partial charge on any atom is -0.383 e. The number of hydrogen-bond acceptors (Lipinski definition) is 4. The second-order valence-electron chi connectivity index (χ2n) is 4.10. The fourth-order valence-electron chi connectivity index (χ4n) is 1.76. The van der Waals surface area contributed by atoms with E-state index in [1.165, 1.54) is 5.56 Å². The zero-order valence-corrected chi connectivity index (χ0v) is 10.8. The van der Waals surface area contributed by atoms with Crippen LogP contribution in [-0.2, 0) is 11.3 Å². The molecule has 0 fully saturated rings. The van der Waals surface area contributed by atoms with Crippen LogP contribution in [0.15, 0.2) is 30.7 Å². The molecule has 0 bridgehead atoms. The van der Waals surface area contributed by atoms with Gasteiger partial charge < -0.3 is 10.1 Å². The monoisotopic (exact) mass is 246 g/mol. The number of methoxy groups -OCH3 is 1. The molecule has 5 nitrogen and oxygen atoms in total. The lowest BCUT2D eigenvalue weighted by Crippen LogP contribution is -2.18. The molecule has 18 heavy (non-hydrogen) atoms. The molecular formula is C13H18N4O. The van der Waals surface area contributed by atoms with Gasteiger partial charge in [-0.15, -0.1) is 0 Å². The van der Waals surface area contributed by atoms with Crippen molar-refractivity contribution >= 4 is 0 Å². The maximum absolute atomic E-state index is 4.98. The van der Waals surface area contributed by atoms with E-state index >= 15 is 0 Å². The molecule has 0 aliphatic carbocycles. The lowest BCUT2D eigenvalue weighted by molar-refractivity contribution is 0.199. The van der Waals surface area contributed by atoms with E-state index in [0.717, 1.165) is 31.1 Å². The van der Waals surface area contributed by atoms with Gasteiger partial charge in [0.25, 0.3) is 0 Å². The Labute approximate surface area is 107 Å². The lowest BCUT2D eigenvalue weighted by atomic mass is 10.2. The third kappa shape index (κ3) is 3.15. The van der Waals surface area contributed by atoms with E-state index in [9.17, 15) is 0 Å². The first-order chi connectivity index (χ1) is 8.81. The third-order valence-electron chi connectivity index (χ3n) is 2.64. The van der Waals surface area contributed by atoms with Crippen molar-refractivity contribution in [1.29, 1.82) is 0 Å². The summed E-state index contributed by atoms with van der Waals surface area (Å²) in [7, 11) is 1.70. The van der Waals surface area contributed by atoms with E-state index in [-0.39, 0.29) is 0 Å². The van der Waals surface area contributed by atoms with Gasteiger partial charge in [-0.3, -0.25) is 0 Å². The van der Waals surface area contributed by atoms with Crippen molar-refractivity contribution in [3.8, 4) is 5.82 Å². The zero-order chi connectivity index (χ0) is 12.8. The Kier molecular flexibility index (Phi) is 4.44. The van der Waals surface area contributed by atoms with Gasteiger partial charge in [-0.25, -0.2) is 9.67 Å². The van der Waals surface area contributed by atoms with E-state index in [4.69, 9.17) is 4.74 Å². The molecule has 0 unspecified atom stereocenters. The summed E-state index contributed by atoms with van der Waals surface area (Å²) in [6.45, 7) is 4.41. The Balaban J connectivity index is 2.01. The van der Waals surface area contributed by atoms with Gasteiger partial charge in [0.15, 0.2) is 5.82 Å². The van der Waals surface area contributed by atoms with E-state index in [2.05, 4.69) is 21.5 Å². The SMILES string of the molecule is COCCNCc1cnc(-n2cccn2)c(C)c1. The van der Waals surface area contributed by atoms with Crippen LogP contribution >= 0.6 is 0 Å². The van der Waals surface area contributed by atoms with E-state index in [0.29, 0.717) is 0 Å². The molecule has 0 radical (unpaired) electrons. The number of pyridine rings is 1. The molecule has 0 saturated heterocycles. The fraction of sp³-hybridized carbons (Fsp3) is 0.385. The van der Waals surface area contributed by atoms with Crippen LogP contribution in [0.2, 0.25) is 0 Å². The normalized spacial score (nSPS) is 10.8. The summed E-state index contributed by atoms with van der Waals surface area (Å²) in [6, 6.07) is 4.02. The average Bonchev–Trinajstić information content (AvgIpc) is 2.88. The smallest absolute Gasteiger partial charge is 0.156 e. The van der Waals surface area contributed by atoms with Gasteiger partial charge in [-0.2, -0.15) is 5.10 Å². The highest BCUT2D eigenvalue weighted by Gasteiger charge is 2.03. The first-order valence-electron chi connectivity index (χ1n) is 5.96. The summed E-state index contributed by atoms with van der Waals surface area (Å²) in [5.41, 5.74) is 2.28. The van der Waals surface area contributed by atoms with Crippen LogP contribution in [0.3, 0.4) is 0 Å². The van der Waals surface area contributed by atoms with Gasteiger partial charge in [0.2, 0.25) is 0 Å². The molecule has 0 atom stereocenters. The molecule has 0 saturated carbocycles. The quantitative estimate of drug-likeness (QED) is 0.781. The summed E-state index contributed by atoms with van der Waals surface area (Å²) < 4.78 is 6.76. The van der Waals surface area contributed by atoms with Gasteiger partial charge in [-0.05, 0) is 30.2 Å². The van der Waals surface area contributed by atoms with Crippen LogP contribution in [-0.4, -0.2) is 35.0 Å². The van der Waals surface area contributed by atoms with Crippen molar-refractivity contribution in [3.05, 3.63) is 41.9 Å². The zero-order valence-electron chi connectivity index (χ0n) is 10.8. The second-order valence-corrected chi connectivity index (χ2v) is 4.10. The standard InChI is InChI=1S/C13H18N4O/c1-11-8-12(9-14-5-7-18-2)10-15-13(11)17-6-3-4-16-17/h3-4,6,8,10,14H,5,7,9H2,1-2H3. The largest absolute Gasteiger partial charge is 0.383 e. The Hall–Kier alpha value is -1.72. The molecule has 0 aromatic carbocycles. The van der Waals surface area contributed by atoms with E-state index in [1.54, 1.807) is 18.0 Å². The van der Waals surface area contributed by atoms with Crippen molar-refractivity contribution < 1.29 is 4.74 Å². The second kappa shape index (κ2) is 6.28. The summed E-state index contributed by atoms with van der Waals surface area (Å²) in [6.07, 6.45) is 5.52. The van der Waals surface area contributed by atoms with Crippen molar-refractivity contribution in [2.45, 2.75) is 13.5 Å². The average molecular weight is 246 g/mol. The topological polar surface area (TPSA) is 52.0 Å². The van der Waals surface area contributed by atoms with Crippen LogP contribution in [0.1, 0.15) is 11.1 Å². The van der Waals surface area contributed by atoms with Crippen LogP contribution < -0.4 is 5.32 Å². The predicted molar refractivity (Wildman–Crippen MR) is 69.7 cm³/mol. The molecule has 96 valence electrons. The number of nitrogens with one attached hydrogen (secondary N) is 1. The molecule has 2 rings (SSSR count). The number of hydrogen-bond donors (Lipinski definition) is 1. The van der Waals surface area contributed by atoms with Crippen molar-refractivity contribution in [2.75, 3.05) is 20.3 Å². The molecule has 0 amide bonds. The van der Waals surface area contributed by atoms with E-state index < -0.39 is 0 Å². The van der Waals surface area contributed by atoms with Gasteiger partial charge >= 0.3 is 0 Å². The number of nitrogens with zero attached hydrogens (tertiary/aromatic N) is 3. The van der Waals surface area contributed by atoms with Gasteiger partial charge in [-0.1, -0.05) is 0 Å². The highest BCUT2D eigenvalue weighted by molar-refractivity contribution is 5.34. The summed E-state index contributed by atoms with van der Waals surface area (Å²) in [5.74, 6) is 0.876. The third-order valence-corrected chi connectivity index (χ3v) is 2.64.